The fraction of sp³-hybridized carbons (Fsp3) is 0.364. The van der Waals surface area contributed by atoms with Crippen molar-refractivity contribution in [2.75, 3.05) is 6.54 Å². The highest BCUT2D eigenvalue weighted by Gasteiger charge is 2.04. The van der Waals surface area contributed by atoms with Crippen LogP contribution < -0.4 is 5.32 Å². The smallest absolute Gasteiger partial charge is 0.156 e. The molecule has 5 nitrogen and oxygen atoms in total. The molecule has 0 aliphatic carbocycles. The first kappa shape index (κ1) is 10.8. The highest BCUT2D eigenvalue weighted by Crippen LogP contribution is 2.11. The van der Waals surface area contributed by atoms with E-state index in [1.54, 1.807) is 6.20 Å². The molecule has 0 atom stereocenters. The Morgan fingerprint density at radius 3 is 3.00 bits per heavy atom. The molecule has 0 saturated heterocycles. The van der Waals surface area contributed by atoms with Crippen LogP contribution in [0.5, 0.6) is 0 Å². The average Bonchev–Trinajstić information content (AvgIpc) is 2.75. The fourth-order valence-electron chi connectivity index (χ4n) is 1.43. The second-order valence-electron chi connectivity index (χ2n) is 3.53. The number of nitrogens with one attached hydrogen (secondary N) is 2. The standard InChI is InChI=1S/C11H15N5/c1-3-12-6-9-7-14-11(16-9)10-4-5-13-8(2)15-10/h4-5,7,12H,3,6H2,1-2H3,(H,14,16). The molecular formula is C11H15N5. The van der Waals surface area contributed by atoms with Gasteiger partial charge in [-0.25, -0.2) is 15.0 Å². The van der Waals surface area contributed by atoms with Crippen LogP contribution in [0.1, 0.15) is 18.4 Å². The highest BCUT2D eigenvalue weighted by molar-refractivity contribution is 5.48. The largest absolute Gasteiger partial charge is 0.339 e. The number of hydrogen-bond acceptors (Lipinski definition) is 4. The first-order chi connectivity index (χ1) is 7.79. The predicted octanol–water partition coefficient (Wildman–Crippen LogP) is 1.28. The molecule has 0 amide bonds. The van der Waals surface area contributed by atoms with Crippen LogP contribution in [-0.2, 0) is 6.54 Å². The molecule has 0 spiro atoms. The van der Waals surface area contributed by atoms with E-state index in [0.717, 1.165) is 36.1 Å². The molecule has 2 heterocycles. The van der Waals surface area contributed by atoms with Gasteiger partial charge >= 0.3 is 0 Å². The first-order valence-corrected chi connectivity index (χ1v) is 5.34. The second kappa shape index (κ2) is 4.85. The van der Waals surface area contributed by atoms with Crippen molar-refractivity contribution in [3.63, 3.8) is 0 Å². The molecule has 0 aromatic carbocycles. The van der Waals surface area contributed by atoms with Crippen LogP contribution >= 0.6 is 0 Å². The molecule has 2 aromatic heterocycles. The van der Waals surface area contributed by atoms with Crippen molar-refractivity contribution in [3.8, 4) is 11.5 Å². The van der Waals surface area contributed by atoms with Crippen molar-refractivity contribution >= 4 is 0 Å². The molecular weight excluding hydrogens is 202 g/mol. The predicted molar refractivity (Wildman–Crippen MR) is 61.7 cm³/mol. The fourth-order valence-corrected chi connectivity index (χ4v) is 1.43. The van der Waals surface area contributed by atoms with Gasteiger partial charge in [-0.1, -0.05) is 6.92 Å². The lowest BCUT2D eigenvalue weighted by Gasteiger charge is -1.98. The molecule has 16 heavy (non-hydrogen) atoms. The molecule has 0 bridgehead atoms. The minimum absolute atomic E-state index is 0.752. The molecule has 0 saturated carbocycles. The van der Waals surface area contributed by atoms with Crippen LogP contribution in [0.25, 0.3) is 11.5 Å². The summed E-state index contributed by atoms with van der Waals surface area (Å²) in [5, 5.41) is 3.24. The first-order valence-electron chi connectivity index (χ1n) is 5.34. The Bertz CT molecular complexity index is 463. The lowest BCUT2D eigenvalue weighted by Crippen LogP contribution is -2.11. The summed E-state index contributed by atoms with van der Waals surface area (Å²) < 4.78 is 0. The van der Waals surface area contributed by atoms with E-state index in [4.69, 9.17) is 0 Å². The Balaban J connectivity index is 2.18. The summed E-state index contributed by atoms with van der Waals surface area (Å²) in [6.45, 7) is 5.69. The van der Waals surface area contributed by atoms with E-state index in [9.17, 15) is 0 Å². The third-order valence-corrected chi connectivity index (χ3v) is 2.21. The van der Waals surface area contributed by atoms with Gasteiger partial charge in [0, 0.05) is 18.4 Å². The van der Waals surface area contributed by atoms with Gasteiger partial charge in [0.25, 0.3) is 0 Å². The minimum atomic E-state index is 0.752. The van der Waals surface area contributed by atoms with Gasteiger partial charge in [0.1, 0.15) is 11.5 Å². The number of hydrogen-bond donors (Lipinski definition) is 2. The summed E-state index contributed by atoms with van der Waals surface area (Å²) >= 11 is 0. The summed E-state index contributed by atoms with van der Waals surface area (Å²) in [4.78, 5) is 15.9. The van der Waals surface area contributed by atoms with Crippen molar-refractivity contribution in [1.82, 2.24) is 25.3 Å². The van der Waals surface area contributed by atoms with Gasteiger partial charge in [-0.15, -0.1) is 0 Å². The summed E-state index contributed by atoms with van der Waals surface area (Å²) in [6.07, 6.45) is 3.57. The average molecular weight is 217 g/mol. The Hall–Kier alpha value is -1.75. The molecule has 0 radical (unpaired) electrons. The number of nitrogens with zero attached hydrogens (tertiary/aromatic N) is 3. The van der Waals surface area contributed by atoms with Gasteiger partial charge in [0.15, 0.2) is 5.82 Å². The summed E-state index contributed by atoms with van der Waals surface area (Å²) in [5.74, 6) is 1.54. The Morgan fingerprint density at radius 2 is 2.25 bits per heavy atom. The third-order valence-electron chi connectivity index (χ3n) is 2.21. The van der Waals surface area contributed by atoms with Gasteiger partial charge in [0.05, 0.1) is 6.20 Å². The number of aromatic nitrogens is 4. The molecule has 0 aliphatic heterocycles. The number of aryl methyl sites for hydroxylation is 1. The number of aromatic amines is 1. The summed E-state index contributed by atoms with van der Waals surface area (Å²) in [5.41, 5.74) is 1.89. The van der Waals surface area contributed by atoms with E-state index in [1.807, 2.05) is 19.2 Å². The van der Waals surface area contributed by atoms with Gasteiger partial charge in [-0.05, 0) is 19.5 Å². The van der Waals surface area contributed by atoms with Crippen molar-refractivity contribution < 1.29 is 0 Å². The van der Waals surface area contributed by atoms with Gasteiger partial charge < -0.3 is 10.3 Å². The van der Waals surface area contributed by atoms with Crippen molar-refractivity contribution in [1.29, 1.82) is 0 Å². The zero-order valence-electron chi connectivity index (χ0n) is 9.49. The Morgan fingerprint density at radius 1 is 1.38 bits per heavy atom. The van der Waals surface area contributed by atoms with Gasteiger partial charge in [-0.2, -0.15) is 0 Å². The Labute approximate surface area is 94.4 Å². The molecule has 84 valence electrons. The van der Waals surface area contributed by atoms with E-state index in [1.165, 1.54) is 0 Å². The number of imidazole rings is 1. The van der Waals surface area contributed by atoms with E-state index in [-0.39, 0.29) is 0 Å². The summed E-state index contributed by atoms with van der Waals surface area (Å²) in [7, 11) is 0. The van der Waals surface area contributed by atoms with E-state index >= 15 is 0 Å². The van der Waals surface area contributed by atoms with Crippen LogP contribution in [0.4, 0.5) is 0 Å². The Kier molecular flexibility index (Phi) is 3.26. The number of H-pyrrole nitrogens is 1. The maximum Gasteiger partial charge on any atom is 0.156 e. The highest BCUT2D eigenvalue weighted by atomic mass is 15.0. The van der Waals surface area contributed by atoms with Crippen molar-refractivity contribution in [3.05, 3.63) is 30.0 Å². The zero-order chi connectivity index (χ0) is 11.4. The van der Waals surface area contributed by atoms with Gasteiger partial charge in [-0.3, -0.25) is 0 Å². The van der Waals surface area contributed by atoms with Crippen LogP contribution in [0.2, 0.25) is 0 Å². The monoisotopic (exact) mass is 217 g/mol. The van der Waals surface area contributed by atoms with E-state index in [2.05, 4.69) is 32.2 Å². The number of rotatable bonds is 4. The van der Waals surface area contributed by atoms with Gasteiger partial charge in [0.2, 0.25) is 0 Å². The van der Waals surface area contributed by atoms with E-state index in [0.29, 0.717) is 0 Å². The van der Waals surface area contributed by atoms with Crippen molar-refractivity contribution in [2.45, 2.75) is 20.4 Å². The van der Waals surface area contributed by atoms with Crippen LogP contribution in [0, 0.1) is 6.92 Å². The molecule has 5 heteroatoms. The maximum absolute atomic E-state index is 4.31. The van der Waals surface area contributed by atoms with E-state index < -0.39 is 0 Å². The minimum Gasteiger partial charge on any atom is -0.339 e. The molecule has 2 N–H and O–H groups in total. The zero-order valence-corrected chi connectivity index (χ0v) is 9.49. The second-order valence-corrected chi connectivity index (χ2v) is 3.53. The molecule has 0 unspecified atom stereocenters. The topological polar surface area (TPSA) is 66.5 Å². The quantitative estimate of drug-likeness (QED) is 0.809. The molecule has 2 aromatic rings. The maximum atomic E-state index is 4.31. The summed E-state index contributed by atoms with van der Waals surface area (Å²) in [6, 6.07) is 1.85. The third kappa shape index (κ3) is 2.43. The van der Waals surface area contributed by atoms with Crippen LogP contribution in [0.15, 0.2) is 18.5 Å². The molecule has 0 aliphatic rings. The lowest BCUT2D eigenvalue weighted by molar-refractivity contribution is 0.714. The molecule has 0 fully saturated rings. The van der Waals surface area contributed by atoms with Crippen LogP contribution in [-0.4, -0.2) is 26.5 Å². The molecule has 2 rings (SSSR count). The normalized spacial score (nSPS) is 10.6. The SMILES string of the molecule is CCNCc1cnc(-c2ccnc(C)n2)[nH]1. The van der Waals surface area contributed by atoms with Crippen molar-refractivity contribution in [2.24, 2.45) is 0 Å². The lowest BCUT2D eigenvalue weighted by atomic mass is 10.4. The van der Waals surface area contributed by atoms with Crippen LogP contribution in [0.3, 0.4) is 0 Å².